The molecule has 1 unspecified atom stereocenters. The summed E-state index contributed by atoms with van der Waals surface area (Å²) >= 11 is 6.18. The van der Waals surface area contributed by atoms with Crippen LogP contribution >= 0.6 is 11.6 Å². The minimum atomic E-state index is 0.321. The molecule has 21 heavy (non-hydrogen) atoms. The van der Waals surface area contributed by atoms with Gasteiger partial charge < -0.3 is 5.32 Å². The monoisotopic (exact) mass is 301 g/mol. The highest BCUT2D eigenvalue weighted by Crippen LogP contribution is 2.18. The number of rotatable bonds is 7. The molecule has 0 saturated heterocycles. The first-order valence-corrected chi connectivity index (χ1v) is 8.14. The minimum absolute atomic E-state index is 0.321. The quantitative estimate of drug-likeness (QED) is 0.708. The molecule has 0 radical (unpaired) electrons. The van der Waals surface area contributed by atoms with E-state index in [4.69, 9.17) is 11.6 Å². The van der Waals surface area contributed by atoms with E-state index >= 15 is 0 Å². The summed E-state index contributed by atoms with van der Waals surface area (Å²) in [6.45, 7) is 5.21. The predicted molar refractivity (Wildman–Crippen MR) is 91.8 cm³/mol. The van der Waals surface area contributed by atoms with E-state index in [1.807, 2.05) is 18.2 Å². The molecule has 0 aliphatic carbocycles. The standard InChI is InChI=1S/C19H24ClN/c1-3-4-7-16-10-12-17(13-11-16)15(2)21-14-18-8-5-6-9-19(18)20/h5-6,8-13,15,21H,3-4,7,14H2,1-2H3. The molecule has 2 aromatic carbocycles. The van der Waals surface area contributed by atoms with Crippen molar-refractivity contribution in [2.24, 2.45) is 0 Å². The Labute approximate surface area is 133 Å². The van der Waals surface area contributed by atoms with E-state index in [1.165, 1.54) is 30.4 Å². The van der Waals surface area contributed by atoms with Crippen molar-refractivity contribution in [2.75, 3.05) is 0 Å². The molecule has 1 nitrogen and oxygen atoms in total. The van der Waals surface area contributed by atoms with Gasteiger partial charge in [0.25, 0.3) is 0 Å². The molecule has 1 N–H and O–H groups in total. The molecule has 0 aliphatic heterocycles. The van der Waals surface area contributed by atoms with Crippen molar-refractivity contribution in [3.8, 4) is 0 Å². The number of aryl methyl sites for hydroxylation is 1. The molecule has 0 amide bonds. The number of unbranched alkanes of at least 4 members (excludes halogenated alkanes) is 1. The molecule has 2 rings (SSSR count). The highest BCUT2D eigenvalue weighted by Gasteiger charge is 2.06. The third-order valence-electron chi connectivity index (χ3n) is 3.86. The Morgan fingerprint density at radius 3 is 2.43 bits per heavy atom. The van der Waals surface area contributed by atoms with Gasteiger partial charge in [0.15, 0.2) is 0 Å². The zero-order chi connectivity index (χ0) is 15.1. The zero-order valence-corrected chi connectivity index (χ0v) is 13.7. The van der Waals surface area contributed by atoms with Crippen molar-refractivity contribution in [3.63, 3.8) is 0 Å². The molecule has 2 heteroatoms. The second-order valence-corrected chi connectivity index (χ2v) is 5.95. The Hall–Kier alpha value is -1.31. The van der Waals surface area contributed by atoms with E-state index < -0.39 is 0 Å². The second kappa shape index (κ2) is 8.21. The lowest BCUT2D eigenvalue weighted by atomic mass is 10.0. The van der Waals surface area contributed by atoms with Gasteiger partial charge in [0, 0.05) is 17.6 Å². The first kappa shape index (κ1) is 16.1. The van der Waals surface area contributed by atoms with Crippen LogP contribution in [-0.4, -0.2) is 0 Å². The van der Waals surface area contributed by atoms with E-state index in [9.17, 15) is 0 Å². The Morgan fingerprint density at radius 2 is 1.76 bits per heavy atom. The summed E-state index contributed by atoms with van der Waals surface area (Å²) in [6, 6.07) is 17.3. The number of nitrogens with one attached hydrogen (secondary N) is 1. The number of hydrogen-bond donors (Lipinski definition) is 1. The van der Waals surface area contributed by atoms with Crippen molar-refractivity contribution >= 4 is 11.6 Å². The van der Waals surface area contributed by atoms with Crippen LogP contribution in [0.2, 0.25) is 5.02 Å². The van der Waals surface area contributed by atoms with Crippen LogP contribution in [-0.2, 0) is 13.0 Å². The van der Waals surface area contributed by atoms with Gasteiger partial charge in [-0.25, -0.2) is 0 Å². The molecule has 2 aromatic rings. The molecular weight excluding hydrogens is 278 g/mol. The molecule has 0 bridgehead atoms. The lowest BCUT2D eigenvalue weighted by molar-refractivity contribution is 0.574. The fraction of sp³-hybridized carbons (Fsp3) is 0.368. The molecule has 112 valence electrons. The maximum atomic E-state index is 6.18. The van der Waals surface area contributed by atoms with Gasteiger partial charge in [-0.15, -0.1) is 0 Å². The van der Waals surface area contributed by atoms with Crippen LogP contribution in [0.4, 0.5) is 0 Å². The highest BCUT2D eigenvalue weighted by molar-refractivity contribution is 6.31. The fourth-order valence-electron chi connectivity index (χ4n) is 2.38. The highest BCUT2D eigenvalue weighted by atomic mass is 35.5. The van der Waals surface area contributed by atoms with E-state index in [1.54, 1.807) is 0 Å². The number of benzene rings is 2. The lowest BCUT2D eigenvalue weighted by Crippen LogP contribution is -2.18. The molecule has 0 aliphatic rings. The maximum absolute atomic E-state index is 6.18. The predicted octanol–water partition coefficient (Wildman–Crippen LogP) is 5.53. The van der Waals surface area contributed by atoms with Crippen LogP contribution in [0.3, 0.4) is 0 Å². The summed E-state index contributed by atoms with van der Waals surface area (Å²) in [7, 11) is 0. The molecule has 0 aromatic heterocycles. The average molecular weight is 302 g/mol. The van der Waals surface area contributed by atoms with Crippen molar-refractivity contribution in [1.82, 2.24) is 5.32 Å². The first-order chi connectivity index (χ1) is 10.2. The topological polar surface area (TPSA) is 12.0 Å². The summed E-state index contributed by atoms with van der Waals surface area (Å²) in [5.74, 6) is 0. The molecular formula is C19H24ClN. The van der Waals surface area contributed by atoms with E-state index in [2.05, 4.69) is 49.5 Å². The zero-order valence-electron chi connectivity index (χ0n) is 12.9. The van der Waals surface area contributed by atoms with Gasteiger partial charge in [0.1, 0.15) is 0 Å². The van der Waals surface area contributed by atoms with Crippen LogP contribution in [0.1, 0.15) is 49.4 Å². The van der Waals surface area contributed by atoms with Gasteiger partial charge in [-0.1, -0.05) is 67.4 Å². The van der Waals surface area contributed by atoms with Gasteiger partial charge in [0.2, 0.25) is 0 Å². The van der Waals surface area contributed by atoms with Crippen molar-refractivity contribution < 1.29 is 0 Å². The van der Waals surface area contributed by atoms with Crippen LogP contribution < -0.4 is 5.32 Å². The summed E-state index contributed by atoms with van der Waals surface area (Å²) < 4.78 is 0. The summed E-state index contributed by atoms with van der Waals surface area (Å²) in [6.07, 6.45) is 3.69. The van der Waals surface area contributed by atoms with Crippen LogP contribution in [0.5, 0.6) is 0 Å². The summed E-state index contributed by atoms with van der Waals surface area (Å²) in [4.78, 5) is 0. The molecule has 0 spiro atoms. The van der Waals surface area contributed by atoms with Crippen molar-refractivity contribution in [2.45, 2.75) is 45.7 Å². The fourth-order valence-corrected chi connectivity index (χ4v) is 2.58. The van der Waals surface area contributed by atoms with Crippen LogP contribution in [0.25, 0.3) is 0 Å². The van der Waals surface area contributed by atoms with Crippen LogP contribution in [0, 0.1) is 0 Å². The molecule has 0 heterocycles. The number of hydrogen-bond acceptors (Lipinski definition) is 1. The summed E-state index contributed by atoms with van der Waals surface area (Å²) in [5, 5.41) is 4.36. The SMILES string of the molecule is CCCCc1ccc(C(C)NCc2ccccc2Cl)cc1. The normalized spacial score (nSPS) is 12.3. The Morgan fingerprint density at radius 1 is 1.05 bits per heavy atom. The average Bonchev–Trinajstić information content (AvgIpc) is 2.52. The second-order valence-electron chi connectivity index (χ2n) is 5.54. The Balaban J connectivity index is 1.91. The van der Waals surface area contributed by atoms with E-state index in [0.29, 0.717) is 6.04 Å². The molecule has 1 atom stereocenters. The third kappa shape index (κ3) is 4.87. The van der Waals surface area contributed by atoms with Gasteiger partial charge in [-0.3, -0.25) is 0 Å². The largest absolute Gasteiger partial charge is 0.306 e. The smallest absolute Gasteiger partial charge is 0.0450 e. The number of halogens is 1. The Kier molecular flexibility index (Phi) is 6.28. The van der Waals surface area contributed by atoms with E-state index in [-0.39, 0.29) is 0 Å². The van der Waals surface area contributed by atoms with Gasteiger partial charge in [-0.2, -0.15) is 0 Å². The summed E-state index contributed by atoms with van der Waals surface area (Å²) in [5.41, 5.74) is 3.90. The Bertz CT molecular complexity index is 548. The van der Waals surface area contributed by atoms with Gasteiger partial charge in [-0.05, 0) is 42.5 Å². The molecule has 0 saturated carbocycles. The third-order valence-corrected chi connectivity index (χ3v) is 4.22. The molecule has 0 fully saturated rings. The maximum Gasteiger partial charge on any atom is 0.0450 e. The van der Waals surface area contributed by atoms with Crippen LogP contribution in [0.15, 0.2) is 48.5 Å². The van der Waals surface area contributed by atoms with Crippen molar-refractivity contribution in [1.29, 1.82) is 0 Å². The van der Waals surface area contributed by atoms with Crippen molar-refractivity contribution in [3.05, 3.63) is 70.2 Å². The lowest BCUT2D eigenvalue weighted by Gasteiger charge is -2.15. The first-order valence-electron chi connectivity index (χ1n) is 7.76. The minimum Gasteiger partial charge on any atom is -0.306 e. The van der Waals surface area contributed by atoms with Gasteiger partial charge in [0.05, 0.1) is 0 Å². The van der Waals surface area contributed by atoms with E-state index in [0.717, 1.165) is 17.1 Å². The van der Waals surface area contributed by atoms with Gasteiger partial charge >= 0.3 is 0 Å².